The first kappa shape index (κ1) is 19.1. The summed E-state index contributed by atoms with van der Waals surface area (Å²) in [6.07, 6.45) is 0. The maximum Gasteiger partial charge on any atom is 0.251 e. The van der Waals surface area contributed by atoms with Gasteiger partial charge >= 0.3 is 0 Å². The molecule has 0 aliphatic carbocycles. The van der Waals surface area contributed by atoms with Crippen molar-refractivity contribution in [3.05, 3.63) is 70.4 Å². The van der Waals surface area contributed by atoms with E-state index in [4.69, 9.17) is 16.6 Å². The van der Waals surface area contributed by atoms with Gasteiger partial charge in [0.05, 0.1) is 17.9 Å². The molecular weight excluding hydrogens is 390 g/mol. The van der Waals surface area contributed by atoms with Crippen molar-refractivity contribution in [3.8, 4) is 11.3 Å². The van der Waals surface area contributed by atoms with Gasteiger partial charge in [-0.05, 0) is 35.7 Å². The lowest BCUT2D eigenvalue weighted by molar-refractivity contribution is 0.0950. The summed E-state index contributed by atoms with van der Waals surface area (Å²) >= 11 is 7.78. The van der Waals surface area contributed by atoms with Gasteiger partial charge in [0, 0.05) is 28.4 Å². The van der Waals surface area contributed by atoms with Crippen molar-refractivity contribution in [2.75, 3.05) is 5.75 Å². The molecule has 1 aliphatic heterocycles. The summed E-state index contributed by atoms with van der Waals surface area (Å²) in [5.74, 6) is 1.39. The highest BCUT2D eigenvalue weighted by molar-refractivity contribution is 7.99. The fourth-order valence-electron chi connectivity index (χ4n) is 3.34. The van der Waals surface area contributed by atoms with Crippen molar-refractivity contribution in [2.45, 2.75) is 38.0 Å². The van der Waals surface area contributed by atoms with Crippen LogP contribution in [0.2, 0.25) is 5.02 Å². The van der Waals surface area contributed by atoms with Crippen LogP contribution in [0.4, 0.5) is 0 Å². The Balaban J connectivity index is 1.56. The van der Waals surface area contributed by atoms with Crippen LogP contribution >= 0.6 is 23.4 Å². The van der Waals surface area contributed by atoms with E-state index >= 15 is 0 Å². The number of nitrogens with one attached hydrogen (secondary N) is 1. The molecule has 4 nitrogen and oxygen atoms in total. The molecule has 1 N–H and O–H groups in total. The lowest BCUT2D eigenvalue weighted by atomic mass is 10.0. The number of aromatic nitrogens is 2. The second-order valence-corrected chi connectivity index (χ2v) is 8.65. The molecule has 0 atom stereocenters. The zero-order valence-corrected chi connectivity index (χ0v) is 17.5. The van der Waals surface area contributed by atoms with Gasteiger partial charge in [0.2, 0.25) is 0 Å². The van der Waals surface area contributed by atoms with Crippen LogP contribution in [0.5, 0.6) is 0 Å². The number of imidazole rings is 1. The Labute approximate surface area is 174 Å². The van der Waals surface area contributed by atoms with E-state index in [2.05, 4.69) is 23.7 Å². The summed E-state index contributed by atoms with van der Waals surface area (Å²) in [5, 5.41) is 4.77. The summed E-state index contributed by atoms with van der Waals surface area (Å²) in [5.41, 5.74) is 4.86. The molecule has 0 radical (unpaired) electrons. The van der Waals surface area contributed by atoms with Gasteiger partial charge in [-0.15, -0.1) is 0 Å². The maximum atomic E-state index is 12.7. The Morgan fingerprint density at radius 1 is 1.18 bits per heavy atom. The van der Waals surface area contributed by atoms with Crippen molar-refractivity contribution < 1.29 is 4.79 Å². The molecule has 0 saturated heterocycles. The monoisotopic (exact) mass is 411 g/mol. The molecule has 4 rings (SSSR count). The van der Waals surface area contributed by atoms with Gasteiger partial charge in [-0.3, -0.25) is 4.79 Å². The molecule has 2 heterocycles. The van der Waals surface area contributed by atoms with Crippen LogP contribution in [0.3, 0.4) is 0 Å². The van der Waals surface area contributed by atoms with Crippen LogP contribution in [-0.4, -0.2) is 21.2 Å². The molecule has 144 valence electrons. The van der Waals surface area contributed by atoms with Crippen LogP contribution in [0, 0.1) is 0 Å². The third kappa shape index (κ3) is 3.82. The highest BCUT2D eigenvalue weighted by atomic mass is 35.5. The quantitative estimate of drug-likeness (QED) is 0.614. The van der Waals surface area contributed by atoms with E-state index in [0.29, 0.717) is 23.0 Å². The van der Waals surface area contributed by atoms with Crippen molar-refractivity contribution in [1.29, 1.82) is 0 Å². The highest BCUT2D eigenvalue weighted by Crippen LogP contribution is 2.33. The van der Waals surface area contributed by atoms with Gasteiger partial charge in [0.15, 0.2) is 5.16 Å². The summed E-state index contributed by atoms with van der Waals surface area (Å²) < 4.78 is 2.21. The predicted octanol–water partition coefficient (Wildman–Crippen LogP) is 5.36. The second-order valence-electron chi connectivity index (χ2n) is 7.16. The van der Waals surface area contributed by atoms with E-state index < -0.39 is 0 Å². The largest absolute Gasteiger partial charge is 0.346 e. The summed E-state index contributed by atoms with van der Waals surface area (Å²) in [6.45, 7) is 5.64. The molecule has 0 spiro atoms. The first-order chi connectivity index (χ1) is 13.5. The van der Waals surface area contributed by atoms with E-state index in [1.807, 2.05) is 48.5 Å². The number of carbonyl (C=O) groups is 1. The number of benzene rings is 2. The molecule has 1 amide bonds. The Kier molecular flexibility index (Phi) is 5.47. The SMILES string of the molecule is CC(C)c1ccc(C(=O)NCc2c(-c3ccc(Cl)cc3)nc3n2CCS3)cc1. The lowest BCUT2D eigenvalue weighted by Gasteiger charge is -2.11. The number of amides is 1. The van der Waals surface area contributed by atoms with Gasteiger partial charge in [-0.25, -0.2) is 4.98 Å². The first-order valence-electron chi connectivity index (χ1n) is 9.39. The zero-order chi connectivity index (χ0) is 19.7. The zero-order valence-electron chi connectivity index (χ0n) is 15.9. The van der Waals surface area contributed by atoms with Gasteiger partial charge in [0.1, 0.15) is 0 Å². The van der Waals surface area contributed by atoms with Gasteiger partial charge < -0.3 is 9.88 Å². The van der Waals surface area contributed by atoms with Gasteiger partial charge in [0.25, 0.3) is 5.91 Å². The maximum absolute atomic E-state index is 12.7. The van der Waals surface area contributed by atoms with Crippen LogP contribution in [-0.2, 0) is 13.1 Å². The number of hydrogen-bond acceptors (Lipinski definition) is 3. The molecular formula is C22H22ClN3OS. The predicted molar refractivity (Wildman–Crippen MR) is 115 cm³/mol. The van der Waals surface area contributed by atoms with E-state index in [0.717, 1.165) is 34.4 Å². The third-order valence-electron chi connectivity index (χ3n) is 4.96. The van der Waals surface area contributed by atoms with Crippen molar-refractivity contribution in [1.82, 2.24) is 14.9 Å². The van der Waals surface area contributed by atoms with Gasteiger partial charge in [-0.2, -0.15) is 0 Å². The molecule has 0 saturated carbocycles. The van der Waals surface area contributed by atoms with E-state index in [1.165, 1.54) is 5.56 Å². The molecule has 1 aromatic heterocycles. The summed E-state index contributed by atoms with van der Waals surface area (Å²) in [7, 11) is 0. The van der Waals surface area contributed by atoms with Crippen LogP contribution in [0.1, 0.15) is 41.4 Å². The molecule has 1 aliphatic rings. The lowest BCUT2D eigenvalue weighted by Crippen LogP contribution is -2.24. The van der Waals surface area contributed by atoms with E-state index in [-0.39, 0.29) is 5.91 Å². The third-order valence-corrected chi connectivity index (χ3v) is 6.17. The standard InChI is InChI=1S/C22H22ClN3OS/c1-14(2)15-3-5-17(6-4-15)21(27)24-13-19-20(16-7-9-18(23)10-8-16)25-22-26(19)11-12-28-22/h3-10,14H,11-13H2,1-2H3,(H,24,27). The molecule has 0 unspecified atom stereocenters. The Hall–Kier alpha value is -2.24. The van der Waals surface area contributed by atoms with Crippen LogP contribution in [0.25, 0.3) is 11.3 Å². The summed E-state index contributed by atoms with van der Waals surface area (Å²) in [4.78, 5) is 17.5. The molecule has 28 heavy (non-hydrogen) atoms. The number of nitrogens with zero attached hydrogens (tertiary/aromatic N) is 2. The van der Waals surface area contributed by atoms with Crippen LogP contribution in [0.15, 0.2) is 53.7 Å². The van der Waals surface area contributed by atoms with Gasteiger partial charge in [-0.1, -0.05) is 61.5 Å². The van der Waals surface area contributed by atoms with Crippen molar-refractivity contribution in [3.63, 3.8) is 0 Å². The fourth-order valence-corrected chi connectivity index (χ4v) is 4.43. The molecule has 6 heteroatoms. The average Bonchev–Trinajstić information content (AvgIpc) is 3.28. The molecule has 3 aromatic rings. The molecule has 2 aromatic carbocycles. The van der Waals surface area contributed by atoms with Crippen LogP contribution < -0.4 is 5.32 Å². The highest BCUT2D eigenvalue weighted by Gasteiger charge is 2.23. The minimum atomic E-state index is -0.0708. The number of thioether (sulfide) groups is 1. The number of rotatable bonds is 5. The minimum Gasteiger partial charge on any atom is -0.346 e. The van der Waals surface area contributed by atoms with Crippen molar-refractivity contribution in [2.24, 2.45) is 0 Å². The Morgan fingerprint density at radius 3 is 2.57 bits per heavy atom. The van der Waals surface area contributed by atoms with E-state index in [1.54, 1.807) is 11.8 Å². The fraction of sp³-hybridized carbons (Fsp3) is 0.273. The minimum absolute atomic E-state index is 0.0708. The molecule has 0 fully saturated rings. The number of fused-ring (bicyclic) bond motifs is 1. The number of halogens is 1. The summed E-state index contributed by atoms with van der Waals surface area (Å²) in [6, 6.07) is 15.5. The Morgan fingerprint density at radius 2 is 1.89 bits per heavy atom. The Bertz CT molecular complexity index is 994. The number of hydrogen-bond donors (Lipinski definition) is 1. The smallest absolute Gasteiger partial charge is 0.251 e. The van der Waals surface area contributed by atoms with Crippen molar-refractivity contribution >= 4 is 29.3 Å². The first-order valence-corrected chi connectivity index (χ1v) is 10.8. The molecule has 0 bridgehead atoms. The number of carbonyl (C=O) groups excluding carboxylic acids is 1. The topological polar surface area (TPSA) is 46.9 Å². The van der Waals surface area contributed by atoms with E-state index in [9.17, 15) is 4.79 Å². The second kappa shape index (κ2) is 8.02. The average molecular weight is 412 g/mol. The normalized spacial score (nSPS) is 13.0.